The number of nitrogens with one attached hydrogen (secondary N) is 2. The number of carbonyl (C=O) groups is 1. The number of rotatable bonds is 7. The van der Waals surface area contributed by atoms with Crippen LogP contribution in [0.5, 0.6) is 0 Å². The summed E-state index contributed by atoms with van der Waals surface area (Å²) >= 11 is 8.79. The van der Waals surface area contributed by atoms with E-state index in [9.17, 15) is 4.79 Å². The fourth-order valence-corrected chi connectivity index (χ4v) is 3.90. The number of benzene rings is 2. The van der Waals surface area contributed by atoms with Gasteiger partial charge in [-0.3, -0.25) is 4.79 Å². The molecule has 0 unspecified atom stereocenters. The second kappa shape index (κ2) is 9.02. The lowest BCUT2D eigenvalue weighted by molar-refractivity contribution is -0.113. The molecule has 0 bridgehead atoms. The number of halogens is 1. The van der Waals surface area contributed by atoms with E-state index in [1.54, 1.807) is 12.1 Å². The van der Waals surface area contributed by atoms with Crippen molar-refractivity contribution in [2.24, 2.45) is 0 Å². The van der Waals surface area contributed by atoms with Gasteiger partial charge < -0.3 is 10.6 Å². The van der Waals surface area contributed by atoms with Gasteiger partial charge in [0.2, 0.25) is 11.0 Å². The number of amides is 1. The third-order valence-electron chi connectivity index (χ3n) is 3.49. The molecule has 3 rings (SSSR count). The molecule has 1 aromatic heterocycles. The number of aryl methyl sites for hydroxylation is 1. The first-order valence-electron chi connectivity index (χ1n) is 8.00. The number of hydrogen-bond acceptors (Lipinski definition) is 6. The highest BCUT2D eigenvalue weighted by Gasteiger charge is 2.10. The van der Waals surface area contributed by atoms with Crippen molar-refractivity contribution in [2.75, 3.05) is 16.4 Å². The third kappa shape index (κ3) is 5.20. The molecule has 0 spiro atoms. The summed E-state index contributed by atoms with van der Waals surface area (Å²) in [5.74, 6) is 0.105. The zero-order valence-corrected chi connectivity index (χ0v) is 16.4. The van der Waals surface area contributed by atoms with E-state index >= 15 is 0 Å². The maximum atomic E-state index is 12.0. The van der Waals surface area contributed by atoms with Gasteiger partial charge in [0, 0.05) is 5.69 Å². The van der Waals surface area contributed by atoms with Crippen molar-refractivity contribution >= 4 is 57.1 Å². The molecule has 0 aliphatic rings. The van der Waals surface area contributed by atoms with Crippen LogP contribution in [0.1, 0.15) is 12.5 Å². The van der Waals surface area contributed by atoms with Crippen molar-refractivity contribution in [3.05, 3.63) is 59.1 Å². The van der Waals surface area contributed by atoms with Gasteiger partial charge in [0.05, 0.1) is 16.5 Å². The molecular weight excluding hydrogens is 388 g/mol. The second-order valence-electron chi connectivity index (χ2n) is 5.37. The molecule has 0 atom stereocenters. The van der Waals surface area contributed by atoms with Gasteiger partial charge in [-0.1, -0.05) is 65.9 Å². The molecule has 1 heterocycles. The summed E-state index contributed by atoms with van der Waals surface area (Å²) in [6.45, 7) is 2.12. The number of hydrogen-bond donors (Lipinski definition) is 2. The highest BCUT2D eigenvalue weighted by atomic mass is 35.5. The second-order valence-corrected chi connectivity index (χ2v) is 7.97. The van der Waals surface area contributed by atoms with Crippen molar-refractivity contribution < 1.29 is 4.79 Å². The molecule has 5 nitrogen and oxygen atoms in total. The zero-order valence-electron chi connectivity index (χ0n) is 14.0. The monoisotopic (exact) mass is 404 g/mol. The maximum absolute atomic E-state index is 12.0. The zero-order chi connectivity index (χ0) is 18.4. The number of thioether (sulfide) groups is 1. The van der Waals surface area contributed by atoms with Crippen molar-refractivity contribution in [2.45, 2.75) is 17.7 Å². The Hall–Kier alpha value is -2.09. The Bertz CT molecular complexity index is 883. The molecule has 3 aromatic rings. The number of aromatic nitrogens is 2. The Balaban J connectivity index is 1.51. The van der Waals surface area contributed by atoms with Crippen LogP contribution in [0, 0.1) is 0 Å². The Morgan fingerprint density at radius 2 is 1.92 bits per heavy atom. The molecule has 0 aliphatic heterocycles. The van der Waals surface area contributed by atoms with Crippen LogP contribution in [0.3, 0.4) is 0 Å². The van der Waals surface area contributed by atoms with Crippen LogP contribution in [0.4, 0.5) is 16.5 Å². The molecule has 2 N–H and O–H groups in total. The molecule has 0 radical (unpaired) electrons. The molecule has 26 heavy (non-hydrogen) atoms. The highest BCUT2D eigenvalue weighted by molar-refractivity contribution is 8.01. The van der Waals surface area contributed by atoms with E-state index < -0.39 is 0 Å². The summed E-state index contributed by atoms with van der Waals surface area (Å²) in [5, 5.41) is 15.4. The summed E-state index contributed by atoms with van der Waals surface area (Å²) in [6, 6.07) is 15.3. The lowest BCUT2D eigenvalue weighted by Gasteiger charge is -2.05. The quantitative estimate of drug-likeness (QED) is 0.528. The molecule has 0 saturated heterocycles. The van der Waals surface area contributed by atoms with Crippen LogP contribution in [0.2, 0.25) is 5.02 Å². The molecule has 0 aliphatic carbocycles. The summed E-state index contributed by atoms with van der Waals surface area (Å²) in [7, 11) is 0. The van der Waals surface area contributed by atoms with Gasteiger partial charge in [-0.15, -0.1) is 10.2 Å². The summed E-state index contributed by atoms with van der Waals surface area (Å²) in [5.41, 5.74) is 2.86. The van der Waals surface area contributed by atoms with Gasteiger partial charge in [-0.25, -0.2) is 0 Å². The van der Waals surface area contributed by atoms with Crippen molar-refractivity contribution in [1.82, 2.24) is 10.2 Å². The fourth-order valence-electron chi connectivity index (χ4n) is 2.14. The first-order valence-corrected chi connectivity index (χ1v) is 10.2. The van der Waals surface area contributed by atoms with Crippen LogP contribution < -0.4 is 10.6 Å². The van der Waals surface area contributed by atoms with Gasteiger partial charge in [-0.2, -0.15) is 0 Å². The normalized spacial score (nSPS) is 10.5. The number of carbonyl (C=O) groups excluding carboxylic acids is 1. The van der Waals surface area contributed by atoms with Gasteiger partial charge in [-0.05, 0) is 36.2 Å². The fraction of sp³-hybridized carbons (Fsp3) is 0.167. The SMILES string of the molecule is CCc1ccc(Nc2nnc(SCC(=O)Nc3ccccc3Cl)s2)cc1. The van der Waals surface area contributed by atoms with Crippen LogP contribution in [-0.4, -0.2) is 21.9 Å². The van der Waals surface area contributed by atoms with Crippen LogP contribution in [0.25, 0.3) is 0 Å². The van der Waals surface area contributed by atoms with E-state index in [0.717, 1.165) is 16.4 Å². The summed E-state index contributed by atoms with van der Waals surface area (Å²) in [6.07, 6.45) is 1.01. The molecule has 134 valence electrons. The van der Waals surface area contributed by atoms with E-state index in [1.807, 2.05) is 24.3 Å². The van der Waals surface area contributed by atoms with Crippen LogP contribution in [0.15, 0.2) is 52.9 Å². The van der Waals surface area contributed by atoms with Crippen LogP contribution in [-0.2, 0) is 11.2 Å². The van der Waals surface area contributed by atoms with Crippen molar-refractivity contribution in [3.63, 3.8) is 0 Å². The molecule has 1 amide bonds. The first kappa shape index (κ1) is 18.7. The van der Waals surface area contributed by atoms with E-state index in [2.05, 4.69) is 39.9 Å². The Labute approximate surface area is 165 Å². The molecular formula is C18H17ClN4OS2. The average Bonchev–Trinajstić information content (AvgIpc) is 3.10. The minimum absolute atomic E-state index is 0.136. The largest absolute Gasteiger partial charge is 0.330 e. The summed E-state index contributed by atoms with van der Waals surface area (Å²) in [4.78, 5) is 12.0. The predicted molar refractivity (Wildman–Crippen MR) is 110 cm³/mol. The van der Waals surface area contributed by atoms with Gasteiger partial charge in [0.25, 0.3) is 0 Å². The van der Waals surface area contributed by atoms with Gasteiger partial charge in [0.1, 0.15) is 0 Å². The Morgan fingerprint density at radius 3 is 2.65 bits per heavy atom. The lowest BCUT2D eigenvalue weighted by atomic mass is 10.1. The van der Waals surface area contributed by atoms with Crippen molar-refractivity contribution in [1.29, 1.82) is 0 Å². The smallest absolute Gasteiger partial charge is 0.234 e. The predicted octanol–water partition coefficient (Wildman–Crippen LogP) is 5.23. The minimum Gasteiger partial charge on any atom is -0.330 e. The van der Waals surface area contributed by atoms with E-state index in [4.69, 9.17) is 11.6 Å². The maximum Gasteiger partial charge on any atom is 0.234 e. The molecule has 2 aromatic carbocycles. The molecule has 0 fully saturated rings. The highest BCUT2D eigenvalue weighted by Crippen LogP contribution is 2.28. The van der Waals surface area contributed by atoms with Gasteiger partial charge in [0.15, 0.2) is 4.34 Å². The van der Waals surface area contributed by atoms with Gasteiger partial charge >= 0.3 is 0 Å². The first-order chi connectivity index (χ1) is 12.6. The van der Waals surface area contributed by atoms with E-state index in [-0.39, 0.29) is 11.7 Å². The molecule has 0 saturated carbocycles. The lowest BCUT2D eigenvalue weighted by Crippen LogP contribution is -2.14. The average molecular weight is 405 g/mol. The standard InChI is InChI=1S/C18H17ClN4OS2/c1-2-12-7-9-13(10-8-12)20-17-22-23-18(26-17)25-11-16(24)21-15-6-4-3-5-14(15)19/h3-10H,2,11H2,1H3,(H,20,22)(H,21,24). The Kier molecular flexibility index (Phi) is 6.49. The number of nitrogens with zero attached hydrogens (tertiary/aromatic N) is 2. The number of para-hydroxylation sites is 1. The number of anilines is 3. The van der Waals surface area contributed by atoms with Crippen LogP contribution >= 0.6 is 34.7 Å². The van der Waals surface area contributed by atoms with Crippen molar-refractivity contribution in [3.8, 4) is 0 Å². The van der Waals surface area contributed by atoms with E-state index in [0.29, 0.717) is 15.8 Å². The molecule has 8 heteroatoms. The topological polar surface area (TPSA) is 66.9 Å². The van der Waals surface area contributed by atoms with E-state index in [1.165, 1.54) is 28.7 Å². The summed E-state index contributed by atoms with van der Waals surface area (Å²) < 4.78 is 0.729. The minimum atomic E-state index is -0.136. The third-order valence-corrected chi connectivity index (χ3v) is 5.80. The Morgan fingerprint density at radius 1 is 1.15 bits per heavy atom.